The molecule has 0 saturated heterocycles. The molecule has 0 saturated carbocycles. The maximum absolute atomic E-state index is 5.90. The molecule has 0 spiro atoms. The third-order valence-corrected chi connectivity index (χ3v) is 2.77. The highest BCUT2D eigenvalue weighted by atomic mass is 35.5. The molecule has 7 heteroatoms. The van der Waals surface area contributed by atoms with Crippen LogP contribution in [-0.2, 0) is 0 Å². The van der Waals surface area contributed by atoms with E-state index in [0.29, 0.717) is 11.9 Å². The van der Waals surface area contributed by atoms with Gasteiger partial charge in [0.2, 0.25) is 17.2 Å². The minimum atomic E-state index is 0.171. The number of aromatic nitrogens is 5. The Morgan fingerprint density at radius 2 is 2.06 bits per heavy atom. The Balaban J connectivity index is 2.38. The zero-order chi connectivity index (χ0) is 13.1. The summed E-state index contributed by atoms with van der Waals surface area (Å²) >= 11 is 5.90. The quantitative estimate of drug-likeness (QED) is 0.918. The van der Waals surface area contributed by atoms with Gasteiger partial charge in [-0.05, 0) is 31.9 Å². The lowest BCUT2D eigenvalue weighted by Gasteiger charge is -2.07. The summed E-state index contributed by atoms with van der Waals surface area (Å²) in [6, 6.07) is 0. The van der Waals surface area contributed by atoms with Crippen LogP contribution in [0.5, 0.6) is 0 Å². The van der Waals surface area contributed by atoms with Crippen molar-refractivity contribution in [2.24, 2.45) is 0 Å². The van der Waals surface area contributed by atoms with E-state index in [2.05, 4.69) is 32.2 Å². The first-order chi connectivity index (χ1) is 8.61. The van der Waals surface area contributed by atoms with Crippen LogP contribution in [0.1, 0.15) is 24.7 Å². The first kappa shape index (κ1) is 12.8. The van der Waals surface area contributed by atoms with E-state index in [0.717, 1.165) is 24.4 Å². The fourth-order valence-electron chi connectivity index (χ4n) is 1.46. The van der Waals surface area contributed by atoms with Gasteiger partial charge in [-0.1, -0.05) is 6.92 Å². The minimum absolute atomic E-state index is 0.171. The summed E-state index contributed by atoms with van der Waals surface area (Å²) < 4.78 is 1.79. The Morgan fingerprint density at radius 1 is 1.28 bits per heavy atom. The highest BCUT2D eigenvalue weighted by molar-refractivity contribution is 6.28. The van der Waals surface area contributed by atoms with Gasteiger partial charge < -0.3 is 5.32 Å². The van der Waals surface area contributed by atoms with Crippen LogP contribution in [-0.4, -0.2) is 31.0 Å². The average Bonchev–Trinajstić information content (AvgIpc) is 2.67. The Bertz CT molecular complexity index is 550. The van der Waals surface area contributed by atoms with Crippen molar-refractivity contribution in [1.82, 2.24) is 24.5 Å². The van der Waals surface area contributed by atoms with Crippen molar-refractivity contribution in [1.29, 1.82) is 0 Å². The second-order valence-electron chi connectivity index (χ2n) is 3.94. The van der Waals surface area contributed by atoms with E-state index >= 15 is 0 Å². The van der Waals surface area contributed by atoms with Crippen molar-refractivity contribution in [3.63, 3.8) is 0 Å². The van der Waals surface area contributed by atoms with Gasteiger partial charge in [0.05, 0.1) is 5.69 Å². The van der Waals surface area contributed by atoms with E-state index in [1.54, 1.807) is 10.9 Å². The number of aryl methyl sites for hydroxylation is 1. The number of anilines is 1. The monoisotopic (exact) mass is 266 g/mol. The first-order valence-electron chi connectivity index (χ1n) is 5.78. The highest BCUT2D eigenvalue weighted by Crippen LogP contribution is 2.13. The number of rotatable bonds is 4. The lowest BCUT2D eigenvalue weighted by atomic mass is 10.4. The maximum atomic E-state index is 5.90. The molecular weight excluding hydrogens is 252 g/mol. The molecule has 6 nitrogen and oxygen atoms in total. The van der Waals surface area contributed by atoms with Gasteiger partial charge in [-0.3, -0.25) is 4.57 Å². The van der Waals surface area contributed by atoms with Crippen molar-refractivity contribution in [2.45, 2.75) is 27.2 Å². The summed E-state index contributed by atoms with van der Waals surface area (Å²) in [5.41, 5.74) is 1.92. The summed E-state index contributed by atoms with van der Waals surface area (Å²) in [4.78, 5) is 16.7. The van der Waals surface area contributed by atoms with Gasteiger partial charge in [0.25, 0.3) is 0 Å². The van der Waals surface area contributed by atoms with Crippen molar-refractivity contribution in [3.05, 3.63) is 23.0 Å². The van der Waals surface area contributed by atoms with E-state index < -0.39 is 0 Å². The van der Waals surface area contributed by atoms with E-state index in [1.807, 2.05) is 13.8 Å². The van der Waals surface area contributed by atoms with Gasteiger partial charge in [0.1, 0.15) is 6.33 Å². The normalized spacial score (nSPS) is 10.7. The van der Waals surface area contributed by atoms with Crippen LogP contribution in [0.2, 0.25) is 5.28 Å². The van der Waals surface area contributed by atoms with Gasteiger partial charge in [0, 0.05) is 12.2 Å². The molecule has 0 unspecified atom stereocenters. The van der Waals surface area contributed by atoms with Crippen LogP contribution in [0, 0.1) is 13.8 Å². The number of nitrogens with zero attached hydrogens (tertiary/aromatic N) is 5. The smallest absolute Gasteiger partial charge is 0.241 e. The van der Waals surface area contributed by atoms with Crippen LogP contribution >= 0.6 is 11.6 Å². The predicted octanol–water partition coefficient (Wildman–Crippen LogP) is 2.15. The Hall–Kier alpha value is -1.69. The fourth-order valence-corrected chi connectivity index (χ4v) is 1.62. The molecule has 0 aromatic carbocycles. The Labute approximate surface area is 110 Å². The summed E-state index contributed by atoms with van der Waals surface area (Å²) in [7, 11) is 0. The molecule has 96 valence electrons. The van der Waals surface area contributed by atoms with Crippen LogP contribution < -0.4 is 5.32 Å². The number of nitrogens with one attached hydrogen (secondary N) is 1. The molecule has 2 heterocycles. The van der Waals surface area contributed by atoms with Gasteiger partial charge in [-0.15, -0.1) is 0 Å². The SMILES string of the molecule is CCCNc1nc(Cl)nc(-n2cnc(C)c2C)n1. The number of hydrogen-bond donors (Lipinski definition) is 1. The standard InChI is InChI=1S/C11H15ClN6/c1-4-5-13-10-15-9(12)16-11(17-10)18-6-14-7(2)8(18)3/h6H,4-5H2,1-3H3,(H,13,15,16,17). The van der Waals surface area contributed by atoms with E-state index in [-0.39, 0.29) is 5.28 Å². The zero-order valence-electron chi connectivity index (χ0n) is 10.6. The Morgan fingerprint density at radius 3 is 2.67 bits per heavy atom. The van der Waals surface area contributed by atoms with Crippen molar-refractivity contribution < 1.29 is 0 Å². The molecule has 0 aliphatic carbocycles. The van der Waals surface area contributed by atoms with E-state index in [9.17, 15) is 0 Å². The molecule has 18 heavy (non-hydrogen) atoms. The first-order valence-corrected chi connectivity index (χ1v) is 6.16. The molecule has 0 atom stereocenters. The third kappa shape index (κ3) is 2.59. The number of imidazole rings is 1. The molecule has 0 bridgehead atoms. The largest absolute Gasteiger partial charge is 0.354 e. The van der Waals surface area contributed by atoms with Crippen molar-refractivity contribution >= 4 is 17.5 Å². The van der Waals surface area contributed by atoms with Gasteiger partial charge in [-0.2, -0.15) is 15.0 Å². The molecular formula is C11H15ClN6. The van der Waals surface area contributed by atoms with E-state index in [1.165, 1.54) is 0 Å². The van der Waals surface area contributed by atoms with Crippen molar-refractivity contribution in [3.8, 4) is 5.95 Å². The molecule has 0 amide bonds. The lowest BCUT2D eigenvalue weighted by Crippen LogP contribution is -2.10. The van der Waals surface area contributed by atoms with Gasteiger partial charge >= 0.3 is 0 Å². The molecule has 0 radical (unpaired) electrons. The fraction of sp³-hybridized carbons (Fsp3) is 0.455. The van der Waals surface area contributed by atoms with Crippen LogP contribution in [0.25, 0.3) is 5.95 Å². The molecule has 2 aromatic rings. The molecule has 0 aliphatic heterocycles. The number of halogens is 1. The third-order valence-electron chi connectivity index (χ3n) is 2.60. The zero-order valence-corrected chi connectivity index (χ0v) is 11.4. The van der Waals surface area contributed by atoms with Crippen LogP contribution in [0.4, 0.5) is 5.95 Å². The summed E-state index contributed by atoms with van der Waals surface area (Å²) in [6.45, 7) is 6.76. The number of hydrogen-bond acceptors (Lipinski definition) is 5. The highest BCUT2D eigenvalue weighted by Gasteiger charge is 2.10. The molecule has 0 aliphatic rings. The second-order valence-corrected chi connectivity index (χ2v) is 4.28. The van der Waals surface area contributed by atoms with Crippen molar-refractivity contribution in [2.75, 3.05) is 11.9 Å². The Kier molecular flexibility index (Phi) is 3.76. The summed E-state index contributed by atoms with van der Waals surface area (Å²) in [6.07, 6.45) is 2.67. The molecule has 0 fully saturated rings. The topological polar surface area (TPSA) is 68.5 Å². The molecule has 2 rings (SSSR count). The predicted molar refractivity (Wildman–Crippen MR) is 70.2 cm³/mol. The second kappa shape index (κ2) is 5.30. The van der Waals surface area contributed by atoms with Gasteiger partial charge in [0.15, 0.2) is 0 Å². The lowest BCUT2D eigenvalue weighted by molar-refractivity contribution is 0.860. The maximum Gasteiger partial charge on any atom is 0.241 e. The van der Waals surface area contributed by atoms with Gasteiger partial charge in [-0.25, -0.2) is 4.98 Å². The van der Waals surface area contributed by atoms with Crippen LogP contribution in [0.15, 0.2) is 6.33 Å². The van der Waals surface area contributed by atoms with E-state index in [4.69, 9.17) is 11.6 Å². The van der Waals surface area contributed by atoms with Crippen LogP contribution in [0.3, 0.4) is 0 Å². The summed E-state index contributed by atoms with van der Waals surface area (Å²) in [5.74, 6) is 0.962. The molecule has 2 aromatic heterocycles. The average molecular weight is 267 g/mol. The summed E-state index contributed by atoms with van der Waals surface area (Å²) in [5, 5.41) is 3.26. The minimum Gasteiger partial charge on any atom is -0.354 e. The molecule has 1 N–H and O–H groups in total.